The van der Waals surface area contributed by atoms with Gasteiger partial charge in [0.25, 0.3) is 5.91 Å². The molecule has 7 nitrogen and oxygen atoms in total. The lowest BCUT2D eigenvalue weighted by Gasteiger charge is -2.32. The minimum absolute atomic E-state index is 0.109. The monoisotopic (exact) mass is 395 g/mol. The van der Waals surface area contributed by atoms with Crippen LogP contribution in [0.4, 0.5) is 5.82 Å². The average Bonchev–Trinajstić information content (AvgIpc) is 3.51. The summed E-state index contributed by atoms with van der Waals surface area (Å²) in [5, 5.41) is 4.22. The molecule has 3 aliphatic rings. The molecule has 2 aromatic rings. The van der Waals surface area contributed by atoms with E-state index in [0.29, 0.717) is 17.4 Å². The Balaban J connectivity index is 1.17. The van der Waals surface area contributed by atoms with E-state index in [9.17, 15) is 4.79 Å². The molecule has 1 aliphatic carbocycles. The van der Waals surface area contributed by atoms with Crippen molar-refractivity contribution in [2.45, 2.75) is 57.3 Å². The SMILES string of the molecule is CC1CCN(C(=O)c2ccc(N3CCC(c4noc(C5CC5)n4)CC3)nc2)CC1. The molecule has 4 heterocycles. The van der Waals surface area contributed by atoms with Gasteiger partial charge in [-0.3, -0.25) is 4.79 Å². The van der Waals surface area contributed by atoms with E-state index in [0.717, 1.165) is 75.3 Å². The number of nitrogens with zero attached hydrogens (tertiary/aromatic N) is 5. The van der Waals surface area contributed by atoms with Crippen molar-refractivity contribution in [3.63, 3.8) is 0 Å². The minimum Gasteiger partial charge on any atom is -0.357 e. The van der Waals surface area contributed by atoms with Crippen molar-refractivity contribution in [3.05, 3.63) is 35.6 Å². The van der Waals surface area contributed by atoms with Gasteiger partial charge in [-0.2, -0.15) is 4.98 Å². The quantitative estimate of drug-likeness (QED) is 0.787. The lowest BCUT2D eigenvalue weighted by Crippen LogP contribution is -2.38. The van der Waals surface area contributed by atoms with Gasteiger partial charge in [0.15, 0.2) is 5.82 Å². The van der Waals surface area contributed by atoms with Gasteiger partial charge in [0.2, 0.25) is 5.89 Å². The molecule has 0 N–H and O–H groups in total. The first kappa shape index (κ1) is 18.6. The predicted octanol–water partition coefficient (Wildman–Crippen LogP) is 3.60. The molecule has 2 aliphatic heterocycles. The van der Waals surface area contributed by atoms with Crippen molar-refractivity contribution in [2.24, 2.45) is 5.92 Å². The zero-order valence-corrected chi connectivity index (χ0v) is 17.1. The summed E-state index contributed by atoms with van der Waals surface area (Å²) in [6.07, 6.45) is 8.28. The van der Waals surface area contributed by atoms with Gasteiger partial charge >= 0.3 is 0 Å². The molecule has 0 radical (unpaired) electrons. The van der Waals surface area contributed by atoms with Crippen LogP contribution < -0.4 is 4.90 Å². The molecule has 1 saturated carbocycles. The maximum absolute atomic E-state index is 12.7. The van der Waals surface area contributed by atoms with Gasteiger partial charge in [0.05, 0.1) is 5.56 Å². The van der Waals surface area contributed by atoms with Crippen molar-refractivity contribution in [3.8, 4) is 0 Å². The van der Waals surface area contributed by atoms with Crippen LogP contribution in [0, 0.1) is 5.92 Å². The Morgan fingerprint density at radius 2 is 1.76 bits per heavy atom. The van der Waals surface area contributed by atoms with Crippen LogP contribution >= 0.6 is 0 Å². The number of pyridine rings is 1. The molecular weight excluding hydrogens is 366 g/mol. The van der Waals surface area contributed by atoms with Gasteiger partial charge in [-0.15, -0.1) is 0 Å². The summed E-state index contributed by atoms with van der Waals surface area (Å²) < 4.78 is 5.42. The number of aromatic nitrogens is 3. The van der Waals surface area contributed by atoms with Crippen molar-refractivity contribution >= 4 is 11.7 Å². The smallest absolute Gasteiger partial charge is 0.255 e. The van der Waals surface area contributed by atoms with E-state index in [1.54, 1.807) is 6.20 Å². The maximum atomic E-state index is 12.7. The molecule has 0 unspecified atom stereocenters. The fraction of sp³-hybridized carbons (Fsp3) is 0.636. The van der Waals surface area contributed by atoms with E-state index in [-0.39, 0.29) is 5.91 Å². The second kappa shape index (κ2) is 7.76. The summed E-state index contributed by atoms with van der Waals surface area (Å²) in [4.78, 5) is 26.2. The number of amides is 1. The van der Waals surface area contributed by atoms with E-state index in [2.05, 4.69) is 26.9 Å². The van der Waals surface area contributed by atoms with E-state index in [4.69, 9.17) is 4.52 Å². The Hall–Kier alpha value is -2.44. The molecule has 7 heteroatoms. The lowest BCUT2D eigenvalue weighted by molar-refractivity contribution is 0.0697. The molecular formula is C22H29N5O2. The largest absolute Gasteiger partial charge is 0.357 e. The summed E-state index contributed by atoms with van der Waals surface area (Å²) in [7, 11) is 0. The second-order valence-corrected chi connectivity index (χ2v) is 8.91. The molecule has 2 aromatic heterocycles. The van der Waals surface area contributed by atoms with Gasteiger partial charge in [-0.05, 0) is 56.6 Å². The third-order valence-corrected chi connectivity index (χ3v) is 6.63. The summed E-state index contributed by atoms with van der Waals surface area (Å²) in [6.45, 7) is 5.80. The predicted molar refractivity (Wildman–Crippen MR) is 109 cm³/mol. The lowest BCUT2D eigenvalue weighted by atomic mass is 9.96. The summed E-state index contributed by atoms with van der Waals surface area (Å²) in [5.74, 6) is 4.34. The topological polar surface area (TPSA) is 75.4 Å². The first-order valence-electron chi connectivity index (χ1n) is 11.0. The van der Waals surface area contributed by atoms with Crippen molar-refractivity contribution in [1.82, 2.24) is 20.0 Å². The average molecular weight is 396 g/mol. The number of hydrogen-bond donors (Lipinski definition) is 0. The molecule has 1 amide bonds. The Morgan fingerprint density at radius 3 is 2.41 bits per heavy atom. The van der Waals surface area contributed by atoms with Crippen LogP contribution in [0.2, 0.25) is 0 Å². The fourth-order valence-electron chi connectivity index (χ4n) is 4.37. The van der Waals surface area contributed by atoms with E-state index in [1.165, 1.54) is 12.8 Å². The highest BCUT2D eigenvalue weighted by Crippen LogP contribution is 2.40. The Labute approximate surface area is 171 Å². The summed E-state index contributed by atoms with van der Waals surface area (Å²) >= 11 is 0. The standard InChI is InChI=1S/C22H29N5O2/c1-15-6-10-27(11-7-15)22(28)18-4-5-19(23-14-18)26-12-8-16(9-13-26)20-24-21(29-25-20)17-2-3-17/h4-5,14-17H,2-3,6-13H2,1H3. The Kier molecular flexibility index (Phi) is 4.97. The van der Waals surface area contributed by atoms with Crippen LogP contribution in [-0.4, -0.2) is 52.1 Å². The van der Waals surface area contributed by atoms with Crippen molar-refractivity contribution in [1.29, 1.82) is 0 Å². The van der Waals surface area contributed by atoms with Crippen LogP contribution in [-0.2, 0) is 0 Å². The number of hydrogen-bond acceptors (Lipinski definition) is 6. The highest BCUT2D eigenvalue weighted by Gasteiger charge is 2.32. The van der Waals surface area contributed by atoms with Crippen molar-refractivity contribution in [2.75, 3.05) is 31.1 Å². The zero-order chi connectivity index (χ0) is 19.8. The second-order valence-electron chi connectivity index (χ2n) is 8.91. The Bertz CT molecular complexity index is 844. The van der Waals surface area contributed by atoms with Gasteiger partial charge in [-0.1, -0.05) is 12.1 Å². The summed E-state index contributed by atoms with van der Waals surface area (Å²) in [5.41, 5.74) is 0.692. The van der Waals surface area contributed by atoms with Crippen molar-refractivity contribution < 1.29 is 9.32 Å². The van der Waals surface area contributed by atoms with Gasteiger partial charge in [0, 0.05) is 44.2 Å². The van der Waals surface area contributed by atoms with Gasteiger partial charge in [-0.25, -0.2) is 4.98 Å². The van der Waals surface area contributed by atoms with E-state index < -0.39 is 0 Å². The minimum atomic E-state index is 0.109. The van der Waals surface area contributed by atoms with Gasteiger partial charge < -0.3 is 14.3 Å². The number of carbonyl (C=O) groups is 1. The third-order valence-electron chi connectivity index (χ3n) is 6.63. The molecule has 2 saturated heterocycles. The number of carbonyl (C=O) groups excluding carboxylic acids is 1. The molecule has 3 fully saturated rings. The van der Waals surface area contributed by atoms with Crippen LogP contribution in [0.5, 0.6) is 0 Å². The van der Waals surface area contributed by atoms with Crippen LogP contribution in [0.3, 0.4) is 0 Å². The molecule has 0 spiro atoms. The normalized spacial score (nSPS) is 21.6. The number of anilines is 1. The molecule has 29 heavy (non-hydrogen) atoms. The van der Waals surface area contributed by atoms with Crippen LogP contribution in [0.15, 0.2) is 22.9 Å². The number of rotatable bonds is 4. The highest BCUT2D eigenvalue weighted by molar-refractivity contribution is 5.94. The molecule has 0 aromatic carbocycles. The third kappa shape index (κ3) is 4.00. The zero-order valence-electron chi connectivity index (χ0n) is 17.1. The number of likely N-dealkylation sites (tertiary alicyclic amines) is 1. The first-order valence-corrected chi connectivity index (χ1v) is 11.0. The summed E-state index contributed by atoms with van der Waals surface area (Å²) in [6, 6.07) is 3.91. The van der Waals surface area contributed by atoms with E-state index in [1.807, 2.05) is 17.0 Å². The van der Waals surface area contributed by atoms with Crippen LogP contribution in [0.1, 0.15) is 79.4 Å². The molecule has 0 bridgehead atoms. The van der Waals surface area contributed by atoms with E-state index >= 15 is 0 Å². The van der Waals surface area contributed by atoms with Gasteiger partial charge in [0.1, 0.15) is 5.82 Å². The molecule has 0 atom stereocenters. The van der Waals surface area contributed by atoms with Crippen LogP contribution in [0.25, 0.3) is 0 Å². The Morgan fingerprint density at radius 1 is 1.00 bits per heavy atom. The fourth-order valence-corrected chi connectivity index (χ4v) is 4.37. The number of piperidine rings is 2. The first-order chi connectivity index (χ1) is 14.2. The molecule has 154 valence electrons. The maximum Gasteiger partial charge on any atom is 0.255 e. The highest BCUT2D eigenvalue weighted by atomic mass is 16.5. The molecule has 5 rings (SSSR count).